The first-order valence-electron chi connectivity index (χ1n) is 5.80. The molecule has 0 aromatic carbocycles. The monoisotopic (exact) mass is 269 g/mol. The van der Waals surface area contributed by atoms with E-state index < -0.39 is 5.97 Å². The summed E-state index contributed by atoms with van der Waals surface area (Å²) in [6.45, 7) is 9.45. The van der Waals surface area contributed by atoms with E-state index in [-0.39, 0.29) is 6.10 Å². The molecule has 4 nitrogen and oxygen atoms in total. The third-order valence-electron chi connectivity index (χ3n) is 2.48. The van der Waals surface area contributed by atoms with Crippen LogP contribution in [-0.2, 0) is 11.3 Å². The first kappa shape index (κ1) is 14.9. The Bertz CT molecular complexity index is 414. The summed E-state index contributed by atoms with van der Waals surface area (Å²) in [6, 6.07) is 1.73. The molecule has 18 heavy (non-hydrogen) atoms. The molecular weight excluding hydrogens is 250 g/mol. The number of nitrogens with one attached hydrogen (secondary N) is 1. The van der Waals surface area contributed by atoms with Crippen molar-refractivity contribution >= 4 is 17.3 Å². The summed E-state index contributed by atoms with van der Waals surface area (Å²) >= 11 is 1.31. The van der Waals surface area contributed by atoms with Crippen molar-refractivity contribution in [1.29, 1.82) is 0 Å². The van der Waals surface area contributed by atoms with Crippen LogP contribution >= 0.6 is 11.3 Å². The highest BCUT2D eigenvalue weighted by molar-refractivity contribution is 7.14. The van der Waals surface area contributed by atoms with Gasteiger partial charge in [-0.15, -0.1) is 17.9 Å². The maximum atomic E-state index is 10.8. The summed E-state index contributed by atoms with van der Waals surface area (Å²) in [6.07, 6.45) is 1.83. The van der Waals surface area contributed by atoms with E-state index in [1.165, 1.54) is 11.3 Å². The molecule has 100 valence electrons. The highest BCUT2D eigenvalue weighted by Gasteiger charge is 2.10. The first-order chi connectivity index (χ1) is 8.54. The van der Waals surface area contributed by atoms with Gasteiger partial charge in [0.15, 0.2) is 0 Å². The molecule has 0 fully saturated rings. The van der Waals surface area contributed by atoms with Gasteiger partial charge in [-0.1, -0.05) is 6.08 Å². The Hall–Kier alpha value is -1.17. The summed E-state index contributed by atoms with van der Waals surface area (Å²) in [5.74, 6) is -0.864. The van der Waals surface area contributed by atoms with Crippen LogP contribution in [0.15, 0.2) is 18.7 Å². The summed E-state index contributed by atoms with van der Waals surface area (Å²) in [5, 5.41) is 12.2. The molecule has 1 atom stereocenters. The van der Waals surface area contributed by atoms with Crippen molar-refractivity contribution in [2.24, 2.45) is 0 Å². The van der Waals surface area contributed by atoms with Crippen molar-refractivity contribution in [2.45, 2.75) is 26.5 Å². The van der Waals surface area contributed by atoms with Gasteiger partial charge in [0, 0.05) is 18.0 Å². The lowest BCUT2D eigenvalue weighted by Crippen LogP contribution is -2.26. The zero-order chi connectivity index (χ0) is 13.5. The Labute approximate surface area is 111 Å². The Kier molecular flexibility index (Phi) is 6.04. The quantitative estimate of drug-likeness (QED) is 0.712. The number of rotatable bonds is 8. The van der Waals surface area contributed by atoms with Gasteiger partial charge in [0.05, 0.1) is 12.7 Å². The van der Waals surface area contributed by atoms with Crippen molar-refractivity contribution in [3.05, 3.63) is 34.0 Å². The van der Waals surface area contributed by atoms with Gasteiger partial charge in [0.25, 0.3) is 0 Å². The average Bonchev–Trinajstić information content (AvgIpc) is 2.69. The second-order valence-electron chi connectivity index (χ2n) is 4.06. The van der Waals surface area contributed by atoms with Crippen LogP contribution in [0, 0.1) is 6.92 Å². The van der Waals surface area contributed by atoms with E-state index in [0.717, 1.165) is 17.0 Å². The summed E-state index contributed by atoms with van der Waals surface area (Å²) in [4.78, 5) is 12.3. The second kappa shape index (κ2) is 7.31. The van der Waals surface area contributed by atoms with Crippen LogP contribution in [0.4, 0.5) is 0 Å². The Morgan fingerprint density at radius 2 is 2.44 bits per heavy atom. The van der Waals surface area contributed by atoms with Gasteiger partial charge in [0.2, 0.25) is 0 Å². The molecule has 0 radical (unpaired) electrons. The van der Waals surface area contributed by atoms with E-state index in [4.69, 9.17) is 9.84 Å². The molecular formula is C13H19NO3S. The predicted molar refractivity (Wildman–Crippen MR) is 73.3 cm³/mol. The van der Waals surface area contributed by atoms with Crippen LogP contribution in [-0.4, -0.2) is 30.3 Å². The summed E-state index contributed by atoms with van der Waals surface area (Å²) in [7, 11) is 0. The topological polar surface area (TPSA) is 58.6 Å². The van der Waals surface area contributed by atoms with E-state index in [1.54, 1.807) is 12.1 Å². The van der Waals surface area contributed by atoms with Crippen LogP contribution < -0.4 is 5.32 Å². The lowest BCUT2D eigenvalue weighted by molar-refractivity contribution is 0.0702. The lowest BCUT2D eigenvalue weighted by Gasteiger charge is -2.12. The van der Waals surface area contributed by atoms with Crippen LogP contribution in [0.2, 0.25) is 0 Å². The normalized spacial score (nSPS) is 12.3. The summed E-state index contributed by atoms with van der Waals surface area (Å²) < 4.78 is 5.43. The predicted octanol–water partition coefficient (Wildman–Crippen LogP) is 2.44. The number of hydrogen-bond donors (Lipinski definition) is 2. The molecule has 0 aliphatic carbocycles. The summed E-state index contributed by atoms with van der Waals surface area (Å²) in [5.41, 5.74) is 1.04. The number of thiophene rings is 1. The van der Waals surface area contributed by atoms with Crippen molar-refractivity contribution in [1.82, 2.24) is 5.32 Å². The van der Waals surface area contributed by atoms with Crippen molar-refractivity contribution in [3.8, 4) is 0 Å². The van der Waals surface area contributed by atoms with Crippen molar-refractivity contribution in [2.75, 3.05) is 13.2 Å². The van der Waals surface area contributed by atoms with Crippen LogP contribution in [0.5, 0.6) is 0 Å². The first-order valence-corrected chi connectivity index (χ1v) is 6.62. The van der Waals surface area contributed by atoms with E-state index in [1.807, 2.05) is 13.8 Å². The molecule has 0 aliphatic rings. The van der Waals surface area contributed by atoms with E-state index in [0.29, 0.717) is 18.0 Å². The highest BCUT2D eigenvalue weighted by Crippen LogP contribution is 2.21. The van der Waals surface area contributed by atoms with Gasteiger partial charge < -0.3 is 15.2 Å². The minimum absolute atomic E-state index is 0.112. The molecule has 0 saturated carbocycles. The zero-order valence-corrected chi connectivity index (χ0v) is 11.5. The number of ether oxygens (including phenoxy) is 1. The number of carbonyl (C=O) groups is 1. The maximum absolute atomic E-state index is 10.8. The number of carboxylic acid groups (broad SMARTS) is 1. The molecule has 5 heteroatoms. The van der Waals surface area contributed by atoms with Crippen molar-refractivity contribution in [3.63, 3.8) is 0 Å². The number of hydrogen-bond acceptors (Lipinski definition) is 4. The third-order valence-corrected chi connectivity index (χ3v) is 3.56. The van der Waals surface area contributed by atoms with Crippen LogP contribution in [0.1, 0.15) is 27.0 Å². The van der Waals surface area contributed by atoms with E-state index >= 15 is 0 Å². The lowest BCUT2D eigenvalue weighted by atomic mass is 10.2. The van der Waals surface area contributed by atoms with Crippen LogP contribution in [0.3, 0.4) is 0 Å². The van der Waals surface area contributed by atoms with E-state index in [2.05, 4.69) is 11.9 Å². The second-order valence-corrected chi connectivity index (χ2v) is 5.32. The molecule has 0 saturated heterocycles. The molecule has 2 N–H and O–H groups in total. The van der Waals surface area contributed by atoms with Gasteiger partial charge in [-0.3, -0.25) is 0 Å². The molecule has 0 aliphatic heterocycles. The standard InChI is InChI=1S/C13H19NO3S/c1-4-5-17-9(2)7-14-8-11-6-12(13(15)16)18-10(11)3/h4,6,9,14H,1,5,7-8H2,2-3H3,(H,15,16). The molecule has 0 bridgehead atoms. The van der Waals surface area contributed by atoms with Gasteiger partial charge >= 0.3 is 5.97 Å². The van der Waals surface area contributed by atoms with Crippen molar-refractivity contribution < 1.29 is 14.6 Å². The molecule has 1 aromatic heterocycles. The fraction of sp³-hybridized carbons (Fsp3) is 0.462. The maximum Gasteiger partial charge on any atom is 0.345 e. The Morgan fingerprint density at radius 3 is 3.00 bits per heavy atom. The zero-order valence-electron chi connectivity index (χ0n) is 10.7. The largest absolute Gasteiger partial charge is 0.477 e. The highest BCUT2D eigenvalue weighted by atomic mass is 32.1. The minimum atomic E-state index is -0.864. The number of aromatic carboxylic acids is 1. The smallest absolute Gasteiger partial charge is 0.345 e. The van der Waals surface area contributed by atoms with Gasteiger partial charge in [0.1, 0.15) is 4.88 Å². The average molecular weight is 269 g/mol. The van der Waals surface area contributed by atoms with E-state index in [9.17, 15) is 4.79 Å². The minimum Gasteiger partial charge on any atom is -0.477 e. The molecule has 1 unspecified atom stereocenters. The molecule has 0 spiro atoms. The number of aryl methyl sites for hydroxylation is 1. The van der Waals surface area contributed by atoms with Gasteiger partial charge in [-0.2, -0.15) is 0 Å². The fourth-order valence-electron chi connectivity index (χ4n) is 1.50. The molecule has 0 amide bonds. The molecule has 1 aromatic rings. The molecule has 1 rings (SSSR count). The Morgan fingerprint density at radius 1 is 1.72 bits per heavy atom. The Balaban J connectivity index is 2.39. The SMILES string of the molecule is C=CCOC(C)CNCc1cc(C(=O)O)sc1C. The molecule has 1 heterocycles. The van der Waals surface area contributed by atoms with Crippen LogP contribution in [0.25, 0.3) is 0 Å². The van der Waals surface area contributed by atoms with Gasteiger partial charge in [-0.25, -0.2) is 4.79 Å². The fourth-order valence-corrected chi connectivity index (χ4v) is 2.38. The number of carboxylic acids is 1. The third kappa shape index (κ3) is 4.60. The van der Waals surface area contributed by atoms with Gasteiger partial charge in [-0.05, 0) is 25.5 Å².